The molecule has 1 saturated carbocycles. The van der Waals surface area contributed by atoms with Gasteiger partial charge < -0.3 is 15.4 Å². The van der Waals surface area contributed by atoms with E-state index in [0.717, 1.165) is 30.4 Å². The van der Waals surface area contributed by atoms with Gasteiger partial charge in [-0.1, -0.05) is 25.3 Å². The fourth-order valence-electron chi connectivity index (χ4n) is 4.27. The number of amides is 2. The Bertz CT molecular complexity index is 1340. The number of carbonyl (C=O) groups excluding carboxylic acids is 4. The van der Waals surface area contributed by atoms with Crippen molar-refractivity contribution in [2.24, 2.45) is 5.92 Å². The van der Waals surface area contributed by atoms with E-state index in [2.05, 4.69) is 20.7 Å². The fourth-order valence-corrected chi connectivity index (χ4v) is 4.27. The highest BCUT2D eigenvalue weighted by molar-refractivity contribution is 6.00. The molecule has 5 rings (SSSR count). The molecule has 3 heterocycles. The van der Waals surface area contributed by atoms with Crippen LogP contribution in [-0.4, -0.2) is 44.2 Å². The van der Waals surface area contributed by atoms with E-state index >= 15 is 0 Å². The number of esters is 1. The summed E-state index contributed by atoms with van der Waals surface area (Å²) in [5, 5.41) is 9.66. The van der Waals surface area contributed by atoms with Crippen molar-refractivity contribution in [3.05, 3.63) is 59.0 Å². The van der Waals surface area contributed by atoms with E-state index in [-0.39, 0.29) is 36.1 Å². The molecule has 3 aromatic rings. The predicted molar refractivity (Wildman–Crippen MR) is 124 cm³/mol. The first-order valence-corrected chi connectivity index (χ1v) is 11.7. The van der Waals surface area contributed by atoms with Crippen LogP contribution in [0.25, 0.3) is 5.65 Å². The molecule has 1 aromatic carbocycles. The average Bonchev–Trinajstić information content (AvgIpc) is 3.43. The lowest BCUT2D eigenvalue weighted by Crippen LogP contribution is -2.40. The minimum Gasteiger partial charge on any atom is -0.426 e. The topological polar surface area (TPSA) is 132 Å². The summed E-state index contributed by atoms with van der Waals surface area (Å²) in [4.78, 5) is 54.1. The van der Waals surface area contributed by atoms with Crippen molar-refractivity contribution in [1.82, 2.24) is 25.2 Å². The number of Topliss-reactive ketones (excluding diaryl/α,β-unsaturated/α-hetero) is 1. The molecule has 0 unspecified atom stereocenters. The van der Waals surface area contributed by atoms with Crippen LogP contribution in [0.15, 0.2) is 36.5 Å². The van der Waals surface area contributed by atoms with E-state index in [4.69, 9.17) is 4.74 Å². The van der Waals surface area contributed by atoms with Crippen molar-refractivity contribution < 1.29 is 23.9 Å². The number of nitrogens with zero attached hydrogens (tertiary/aromatic N) is 3. The Morgan fingerprint density at radius 3 is 2.77 bits per heavy atom. The highest BCUT2D eigenvalue weighted by atomic mass is 16.5. The molecular formula is C25H25N5O5. The summed E-state index contributed by atoms with van der Waals surface area (Å²) < 4.78 is 6.43. The van der Waals surface area contributed by atoms with Gasteiger partial charge in [0.2, 0.25) is 0 Å². The van der Waals surface area contributed by atoms with Gasteiger partial charge in [-0.25, -0.2) is 9.50 Å². The fraction of sp³-hybridized carbons (Fsp3) is 0.360. The molecular weight excluding hydrogens is 450 g/mol. The van der Waals surface area contributed by atoms with Gasteiger partial charge in [-0.3, -0.25) is 19.2 Å². The molecule has 2 aliphatic rings. The zero-order valence-corrected chi connectivity index (χ0v) is 19.2. The Labute approximate surface area is 201 Å². The first-order chi connectivity index (χ1) is 16.9. The molecule has 0 spiro atoms. The van der Waals surface area contributed by atoms with Gasteiger partial charge in [-0.05, 0) is 30.5 Å². The number of hydrogen-bond donors (Lipinski definition) is 2. The zero-order chi connectivity index (χ0) is 24.5. The van der Waals surface area contributed by atoms with Crippen LogP contribution in [0.5, 0.6) is 5.75 Å². The SMILES string of the molecule is C[C@H](NC(=O)c1cc(C(=O)NCc2ccc3c(c2)CC(=O)O3)nc2ccnn12)C(=O)CC1CCC1. The van der Waals surface area contributed by atoms with Crippen LogP contribution in [0, 0.1) is 5.92 Å². The number of fused-ring (bicyclic) bond motifs is 2. The van der Waals surface area contributed by atoms with Crippen molar-refractivity contribution in [3.63, 3.8) is 0 Å². The summed E-state index contributed by atoms with van der Waals surface area (Å²) in [6.45, 7) is 1.88. The molecule has 180 valence electrons. The normalized spacial score (nSPS) is 15.7. The summed E-state index contributed by atoms with van der Waals surface area (Å²) in [5.74, 6) is -0.335. The lowest BCUT2D eigenvalue weighted by molar-refractivity contribution is -0.131. The molecule has 10 heteroatoms. The molecule has 2 amide bonds. The maximum atomic E-state index is 13.0. The lowest BCUT2D eigenvalue weighted by atomic mass is 9.81. The standard InChI is InChI=1S/C25H25N5O5/c1-14(20(31)10-15-3-2-4-15)28-25(34)19-12-18(29-22-7-8-27-30(19)22)24(33)26-13-16-5-6-21-17(9-16)11-23(32)35-21/h5-9,12,14-15H,2-4,10-11,13H2,1H3,(H,26,33)(H,28,34)/t14-/m0/s1. The van der Waals surface area contributed by atoms with Crippen LogP contribution in [-0.2, 0) is 22.6 Å². The van der Waals surface area contributed by atoms with Crippen molar-refractivity contribution in [2.75, 3.05) is 0 Å². The first kappa shape index (κ1) is 22.7. The number of ether oxygens (including phenoxy) is 1. The molecule has 35 heavy (non-hydrogen) atoms. The van der Waals surface area contributed by atoms with E-state index < -0.39 is 17.9 Å². The maximum absolute atomic E-state index is 13.0. The van der Waals surface area contributed by atoms with Gasteiger partial charge in [0.15, 0.2) is 11.4 Å². The molecule has 0 saturated heterocycles. The molecule has 2 aromatic heterocycles. The Hall–Kier alpha value is -4.08. The number of ketones is 1. The molecule has 1 aliphatic heterocycles. The lowest BCUT2D eigenvalue weighted by Gasteiger charge is -2.25. The quantitative estimate of drug-likeness (QED) is 0.376. The van der Waals surface area contributed by atoms with Gasteiger partial charge in [0.05, 0.1) is 18.7 Å². The van der Waals surface area contributed by atoms with Crippen LogP contribution < -0.4 is 15.4 Å². The summed E-state index contributed by atoms with van der Waals surface area (Å²) in [6.07, 6.45) is 5.42. The summed E-state index contributed by atoms with van der Waals surface area (Å²) in [6, 6.07) is 7.60. The van der Waals surface area contributed by atoms with Crippen LogP contribution >= 0.6 is 0 Å². The summed E-state index contributed by atoms with van der Waals surface area (Å²) in [7, 11) is 0. The van der Waals surface area contributed by atoms with Gasteiger partial charge >= 0.3 is 5.97 Å². The van der Waals surface area contributed by atoms with E-state index in [0.29, 0.717) is 23.7 Å². The van der Waals surface area contributed by atoms with Crippen LogP contribution in [0.3, 0.4) is 0 Å². The predicted octanol–water partition coefficient (Wildman–Crippen LogP) is 2.00. The van der Waals surface area contributed by atoms with Crippen LogP contribution in [0.2, 0.25) is 0 Å². The van der Waals surface area contributed by atoms with Crippen molar-refractivity contribution in [1.29, 1.82) is 0 Å². The second kappa shape index (κ2) is 9.28. The summed E-state index contributed by atoms with van der Waals surface area (Å²) >= 11 is 0. The largest absolute Gasteiger partial charge is 0.426 e. The number of hydrogen-bond acceptors (Lipinski definition) is 7. The maximum Gasteiger partial charge on any atom is 0.315 e. The third kappa shape index (κ3) is 4.77. The number of rotatable bonds is 8. The minimum atomic E-state index is -0.644. The van der Waals surface area contributed by atoms with Gasteiger partial charge in [0, 0.05) is 30.7 Å². The Kier molecular flexibility index (Phi) is 6.02. The molecule has 0 radical (unpaired) electrons. The Morgan fingerprint density at radius 2 is 2.00 bits per heavy atom. The van der Waals surface area contributed by atoms with Crippen molar-refractivity contribution in [2.45, 2.75) is 51.6 Å². The van der Waals surface area contributed by atoms with E-state index in [9.17, 15) is 19.2 Å². The minimum absolute atomic E-state index is 0.00627. The third-order valence-electron chi connectivity index (χ3n) is 6.51. The number of aromatic nitrogens is 3. The zero-order valence-electron chi connectivity index (χ0n) is 19.2. The molecule has 1 aliphatic carbocycles. The summed E-state index contributed by atoms with van der Waals surface area (Å²) in [5.41, 5.74) is 2.08. The molecule has 0 bridgehead atoms. The van der Waals surface area contributed by atoms with Gasteiger partial charge in [0.25, 0.3) is 11.8 Å². The second-order valence-corrected chi connectivity index (χ2v) is 9.07. The molecule has 1 atom stereocenters. The monoisotopic (exact) mass is 475 g/mol. The van der Waals surface area contributed by atoms with Crippen LogP contribution in [0.4, 0.5) is 0 Å². The first-order valence-electron chi connectivity index (χ1n) is 11.7. The van der Waals surface area contributed by atoms with Crippen molar-refractivity contribution in [3.8, 4) is 5.75 Å². The van der Waals surface area contributed by atoms with Crippen molar-refractivity contribution >= 4 is 29.2 Å². The van der Waals surface area contributed by atoms with Crippen LogP contribution in [0.1, 0.15) is 64.7 Å². The van der Waals surface area contributed by atoms with Gasteiger partial charge in [-0.2, -0.15) is 5.10 Å². The number of benzene rings is 1. The van der Waals surface area contributed by atoms with Gasteiger partial charge in [0.1, 0.15) is 17.1 Å². The Morgan fingerprint density at radius 1 is 1.17 bits per heavy atom. The number of carbonyl (C=O) groups is 4. The second-order valence-electron chi connectivity index (χ2n) is 9.07. The average molecular weight is 476 g/mol. The molecule has 1 fully saturated rings. The molecule has 2 N–H and O–H groups in total. The smallest absolute Gasteiger partial charge is 0.315 e. The molecule has 10 nitrogen and oxygen atoms in total. The van der Waals surface area contributed by atoms with Gasteiger partial charge in [-0.15, -0.1) is 0 Å². The van der Waals surface area contributed by atoms with E-state index in [1.807, 2.05) is 6.07 Å². The highest BCUT2D eigenvalue weighted by Gasteiger charge is 2.26. The Balaban J connectivity index is 1.29. The highest BCUT2D eigenvalue weighted by Crippen LogP contribution is 2.30. The third-order valence-corrected chi connectivity index (χ3v) is 6.51. The number of nitrogens with one attached hydrogen (secondary N) is 2. The van der Waals surface area contributed by atoms with E-state index in [1.54, 1.807) is 25.1 Å². The van der Waals surface area contributed by atoms with E-state index in [1.165, 1.54) is 16.8 Å².